The molecule has 0 aliphatic carbocycles. The van der Waals surface area contributed by atoms with Crippen LogP contribution in [-0.2, 0) is 25.7 Å². The van der Waals surface area contributed by atoms with E-state index in [9.17, 15) is 39.0 Å². The lowest BCUT2D eigenvalue weighted by Crippen LogP contribution is -2.61. The molecule has 3 rings (SSSR count). The molecule has 0 saturated carbocycles. The number of benzene rings is 2. The lowest BCUT2D eigenvalue weighted by molar-refractivity contribution is -0.156. The van der Waals surface area contributed by atoms with Crippen LogP contribution in [0.25, 0.3) is 10.9 Å². The minimum atomic E-state index is -2.57. The standard InChI is InChI=1S/C30H35N5O9/c1-16-13-23-21(26(39)33-17(2)32-23)14-19(16)15-34(3)20-7-5-18(6-8-20)27(40)35(4)30(29(43)44,12-11-25(37)38)24(36)10-9-22(31)28(41)42/h5-8,13-14,22H,9-12,15,31H2,1-4H3,(H,37,38)(H,41,42)(H,43,44)(H,32,33,39)/t22-,30+/m0/s1. The van der Waals surface area contributed by atoms with Crippen molar-refractivity contribution in [2.24, 2.45) is 5.73 Å². The monoisotopic (exact) mass is 609 g/mol. The average molecular weight is 610 g/mol. The first-order chi connectivity index (χ1) is 20.6. The summed E-state index contributed by atoms with van der Waals surface area (Å²) in [5.74, 6) is -5.89. The quantitative estimate of drug-likeness (QED) is 0.165. The van der Waals surface area contributed by atoms with E-state index in [1.807, 2.05) is 24.9 Å². The number of anilines is 1. The minimum absolute atomic E-state index is 0.0375. The fourth-order valence-electron chi connectivity index (χ4n) is 4.96. The summed E-state index contributed by atoms with van der Waals surface area (Å²) >= 11 is 0. The predicted molar refractivity (Wildman–Crippen MR) is 160 cm³/mol. The van der Waals surface area contributed by atoms with Gasteiger partial charge in [-0.2, -0.15) is 0 Å². The van der Waals surface area contributed by atoms with Gasteiger partial charge in [-0.25, -0.2) is 9.78 Å². The number of carboxylic acids is 3. The van der Waals surface area contributed by atoms with Crippen molar-refractivity contribution in [2.75, 3.05) is 19.0 Å². The van der Waals surface area contributed by atoms with Crippen molar-refractivity contribution in [3.8, 4) is 0 Å². The van der Waals surface area contributed by atoms with Crippen molar-refractivity contribution in [3.63, 3.8) is 0 Å². The van der Waals surface area contributed by atoms with Gasteiger partial charge >= 0.3 is 17.9 Å². The number of rotatable bonds is 14. The highest BCUT2D eigenvalue weighted by molar-refractivity contribution is 6.12. The first-order valence-corrected chi connectivity index (χ1v) is 13.6. The zero-order chi connectivity index (χ0) is 32.9. The fraction of sp³-hybridized carbons (Fsp3) is 0.367. The first kappa shape index (κ1) is 33.4. The number of aryl methyl sites for hydroxylation is 2. The number of amides is 1. The van der Waals surface area contributed by atoms with E-state index < -0.39 is 66.9 Å². The van der Waals surface area contributed by atoms with E-state index in [2.05, 4.69) is 9.97 Å². The number of ketones is 1. The average Bonchev–Trinajstić information content (AvgIpc) is 2.95. The van der Waals surface area contributed by atoms with Crippen molar-refractivity contribution in [3.05, 3.63) is 69.3 Å². The van der Waals surface area contributed by atoms with Gasteiger partial charge in [0.25, 0.3) is 11.5 Å². The van der Waals surface area contributed by atoms with E-state index in [0.717, 1.165) is 18.2 Å². The molecule has 44 heavy (non-hydrogen) atoms. The number of nitrogens with two attached hydrogens (primary N) is 1. The molecule has 0 aliphatic rings. The molecular formula is C30H35N5O9. The third kappa shape index (κ3) is 7.09. The van der Waals surface area contributed by atoms with Crippen LogP contribution < -0.4 is 16.2 Å². The van der Waals surface area contributed by atoms with Crippen LogP contribution >= 0.6 is 0 Å². The van der Waals surface area contributed by atoms with Crippen molar-refractivity contribution < 1.29 is 39.3 Å². The van der Waals surface area contributed by atoms with Gasteiger partial charge in [0.1, 0.15) is 11.9 Å². The van der Waals surface area contributed by atoms with Crippen LogP contribution in [-0.4, -0.2) is 85.5 Å². The first-order valence-electron chi connectivity index (χ1n) is 13.6. The van der Waals surface area contributed by atoms with Crippen LogP contribution in [0.3, 0.4) is 0 Å². The second-order valence-electron chi connectivity index (χ2n) is 10.7. The van der Waals surface area contributed by atoms with Crippen LogP contribution in [0.5, 0.6) is 0 Å². The number of nitrogens with one attached hydrogen (secondary N) is 1. The second-order valence-corrected chi connectivity index (χ2v) is 10.7. The Labute approximate surface area is 252 Å². The summed E-state index contributed by atoms with van der Waals surface area (Å²) in [5.41, 5.74) is 5.78. The zero-order valence-electron chi connectivity index (χ0n) is 24.8. The summed E-state index contributed by atoms with van der Waals surface area (Å²) in [4.78, 5) is 83.7. The molecule has 0 spiro atoms. The van der Waals surface area contributed by atoms with Gasteiger partial charge in [0.15, 0.2) is 11.3 Å². The highest BCUT2D eigenvalue weighted by Gasteiger charge is 2.51. The number of likely N-dealkylation sites (N-methyl/N-ethyl adjacent to an activating group) is 1. The van der Waals surface area contributed by atoms with Crippen LogP contribution in [0.1, 0.15) is 53.0 Å². The van der Waals surface area contributed by atoms with Crippen molar-refractivity contribution in [2.45, 2.75) is 57.7 Å². The Balaban J connectivity index is 1.86. The number of carbonyl (C=O) groups excluding carboxylic acids is 2. The van der Waals surface area contributed by atoms with Gasteiger partial charge in [0.05, 0.1) is 10.9 Å². The molecule has 2 atom stereocenters. The number of aromatic nitrogens is 2. The van der Waals surface area contributed by atoms with Gasteiger partial charge in [-0.05, 0) is 74.2 Å². The SMILES string of the molecule is Cc1nc2cc(C)c(CN(C)c3ccc(C(=O)N(C)[C@@](CCC(=O)O)(C(=O)O)C(=O)CC[C@H](N)C(=O)O)cc3)cc2c(=O)[nH]1. The number of Topliss-reactive ketones (excluding diaryl/α,β-unsaturated/α-hetero) is 1. The molecule has 0 aliphatic heterocycles. The number of nitrogens with zero attached hydrogens (tertiary/aromatic N) is 3. The topological polar surface area (TPSA) is 224 Å². The summed E-state index contributed by atoms with van der Waals surface area (Å²) in [7, 11) is 2.90. The number of carbonyl (C=O) groups is 5. The molecule has 0 saturated heterocycles. The Morgan fingerprint density at radius 2 is 1.64 bits per heavy atom. The largest absolute Gasteiger partial charge is 0.481 e. The maximum atomic E-state index is 13.5. The highest BCUT2D eigenvalue weighted by atomic mass is 16.4. The van der Waals surface area contributed by atoms with E-state index in [0.29, 0.717) is 33.9 Å². The van der Waals surface area contributed by atoms with Crippen LogP contribution in [0.2, 0.25) is 0 Å². The molecule has 0 radical (unpaired) electrons. The van der Waals surface area contributed by atoms with Gasteiger partial charge in [0.2, 0.25) is 0 Å². The molecule has 3 aromatic rings. The molecule has 1 heterocycles. The van der Waals surface area contributed by atoms with E-state index in [4.69, 9.17) is 10.8 Å². The summed E-state index contributed by atoms with van der Waals surface area (Å²) < 4.78 is 0. The molecule has 0 bridgehead atoms. The van der Waals surface area contributed by atoms with E-state index in [1.54, 1.807) is 25.1 Å². The third-order valence-electron chi connectivity index (χ3n) is 7.64. The Bertz CT molecular complexity index is 1670. The lowest BCUT2D eigenvalue weighted by atomic mass is 9.83. The van der Waals surface area contributed by atoms with Gasteiger partial charge in [-0.1, -0.05) is 0 Å². The summed E-state index contributed by atoms with van der Waals surface area (Å²) in [6.07, 6.45) is -2.47. The normalized spacial score (nSPS) is 13.1. The van der Waals surface area contributed by atoms with Crippen molar-refractivity contribution in [1.29, 1.82) is 0 Å². The zero-order valence-corrected chi connectivity index (χ0v) is 24.8. The Morgan fingerprint density at radius 1 is 1.00 bits per heavy atom. The number of H-pyrrole nitrogens is 1. The summed E-state index contributed by atoms with van der Waals surface area (Å²) in [6, 6.07) is 8.32. The lowest BCUT2D eigenvalue weighted by Gasteiger charge is -2.37. The van der Waals surface area contributed by atoms with Gasteiger partial charge in [0, 0.05) is 44.7 Å². The highest BCUT2D eigenvalue weighted by Crippen LogP contribution is 2.28. The Kier molecular flexibility index (Phi) is 10.2. The molecule has 14 nitrogen and oxygen atoms in total. The number of aromatic amines is 1. The fourth-order valence-corrected chi connectivity index (χ4v) is 4.96. The van der Waals surface area contributed by atoms with Gasteiger partial charge in [-0.15, -0.1) is 0 Å². The molecule has 6 N–H and O–H groups in total. The molecule has 0 unspecified atom stereocenters. The van der Waals surface area contributed by atoms with Crippen LogP contribution in [0.15, 0.2) is 41.2 Å². The van der Waals surface area contributed by atoms with Gasteiger partial charge < -0.3 is 35.8 Å². The molecular weight excluding hydrogens is 574 g/mol. The second kappa shape index (κ2) is 13.5. The Hall–Kier alpha value is -5.11. The molecule has 1 aromatic heterocycles. The third-order valence-corrected chi connectivity index (χ3v) is 7.64. The molecule has 14 heteroatoms. The number of hydrogen-bond acceptors (Lipinski definition) is 9. The number of aliphatic carboxylic acids is 3. The van der Waals surface area contributed by atoms with Crippen LogP contribution in [0.4, 0.5) is 5.69 Å². The van der Waals surface area contributed by atoms with Crippen LogP contribution in [0, 0.1) is 13.8 Å². The molecule has 2 aromatic carbocycles. The van der Waals surface area contributed by atoms with E-state index in [-0.39, 0.29) is 11.1 Å². The Morgan fingerprint density at radius 3 is 2.20 bits per heavy atom. The smallest absolute Gasteiger partial charge is 0.337 e. The van der Waals surface area contributed by atoms with E-state index in [1.165, 1.54) is 12.1 Å². The molecule has 1 amide bonds. The van der Waals surface area contributed by atoms with Crippen molar-refractivity contribution >= 4 is 46.2 Å². The number of fused-ring (bicyclic) bond motifs is 1. The maximum Gasteiger partial charge on any atom is 0.337 e. The molecule has 234 valence electrons. The summed E-state index contributed by atoms with van der Waals surface area (Å²) in [5, 5.41) is 28.8. The maximum absolute atomic E-state index is 13.5. The summed E-state index contributed by atoms with van der Waals surface area (Å²) in [6.45, 7) is 4.03. The van der Waals surface area contributed by atoms with E-state index >= 15 is 0 Å². The predicted octanol–water partition coefficient (Wildman–Crippen LogP) is 1.70. The number of carboxylic acid groups (broad SMARTS) is 3. The van der Waals surface area contributed by atoms with Crippen molar-refractivity contribution in [1.82, 2.24) is 14.9 Å². The minimum Gasteiger partial charge on any atom is -0.481 e. The molecule has 0 fully saturated rings. The number of hydrogen-bond donors (Lipinski definition) is 5. The van der Waals surface area contributed by atoms with Gasteiger partial charge in [-0.3, -0.25) is 24.0 Å².